The normalized spacial score (nSPS) is 11.5. The van der Waals surface area contributed by atoms with Crippen molar-refractivity contribution in [3.05, 3.63) is 11.6 Å². The quantitative estimate of drug-likeness (QED) is 0.365. The predicted molar refractivity (Wildman–Crippen MR) is 38.2 cm³/mol. The Hall–Kier alpha value is -0.110. The zero-order valence-electron chi connectivity index (χ0n) is 4.86. The first-order valence-electron chi connectivity index (χ1n) is 2.55. The van der Waals surface area contributed by atoms with Crippen molar-refractivity contribution in [3.8, 4) is 0 Å². The second kappa shape index (κ2) is 5.04. The largest absolute Gasteiger partial charge is 0.298 e. The monoisotopic (exact) mass is 176 g/mol. The van der Waals surface area contributed by atoms with Crippen LogP contribution in [0, 0.1) is 0 Å². The molecule has 0 spiro atoms. The molecule has 0 aromatic heterocycles. The average molecular weight is 177 g/mol. The third kappa shape index (κ3) is 2.97. The van der Waals surface area contributed by atoms with Gasteiger partial charge in [-0.1, -0.05) is 28.9 Å². The van der Waals surface area contributed by atoms with Crippen molar-refractivity contribution >= 4 is 22.2 Å². The van der Waals surface area contributed by atoms with Gasteiger partial charge in [-0.3, -0.25) is 4.79 Å². The van der Waals surface area contributed by atoms with Crippen LogP contribution in [0.5, 0.6) is 0 Å². The summed E-state index contributed by atoms with van der Waals surface area (Å²) in [4.78, 5) is 10.0. The molecule has 0 heterocycles. The maximum absolute atomic E-state index is 10.0. The van der Waals surface area contributed by atoms with Gasteiger partial charge in [-0.2, -0.15) is 0 Å². The number of carbonyl (C=O) groups is 1. The molecule has 46 valence electrons. The lowest BCUT2D eigenvalue weighted by atomic mass is 10.3. The standard InChI is InChI=1S/C6H9BrO/c1-2-3-6(4-7)5-8/h3,5H,2,4H2,1H3/b6-3+. The van der Waals surface area contributed by atoms with E-state index in [0.717, 1.165) is 18.3 Å². The van der Waals surface area contributed by atoms with Gasteiger partial charge in [-0.25, -0.2) is 0 Å². The van der Waals surface area contributed by atoms with Crippen LogP contribution in [0.15, 0.2) is 11.6 Å². The van der Waals surface area contributed by atoms with Gasteiger partial charge in [0, 0.05) is 5.33 Å². The van der Waals surface area contributed by atoms with Crippen LogP contribution in [-0.4, -0.2) is 11.6 Å². The van der Waals surface area contributed by atoms with Crippen LogP contribution < -0.4 is 0 Å². The molecule has 0 saturated carbocycles. The van der Waals surface area contributed by atoms with E-state index in [4.69, 9.17) is 0 Å². The van der Waals surface area contributed by atoms with Crippen LogP contribution >= 0.6 is 15.9 Å². The van der Waals surface area contributed by atoms with Gasteiger partial charge >= 0.3 is 0 Å². The van der Waals surface area contributed by atoms with E-state index in [9.17, 15) is 4.79 Å². The van der Waals surface area contributed by atoms with Crippen LogP contribution in [0.25, 0.3) is 0 Å². The molecule has 2 heteroatoms. The molecule has 0 rings (SSSR count). The number of halogens is 1. The highest BCUT2D eigenvalue weighted by Crippen LogP contribution is 1.96. The molecule has 0 atom stereocenters. The van der Waals surface area contributed by atoms with E-state index in [-0.39, 0.29) is 0 Å². The molecule has 0 unspecified atom stereocenters. The molecule has 1 nitrogen and oxygen atoms in total. The minimum Gasteiger partial charge on any atom is -0.298 e. The van der Waals surface area contributed by atoms with Crippen molar-refractivity contribution < 1.29 is 4.79 Å². The molecular weight excluding hydrogens is 168 g/mol. The van der Waals surface area contributed by atoms with Gasteiger partial charge in [-0.15, -0.1) is 0 Å². The fourth-order valence-corrected chi connectivity index (χ4v) is 0.757. The summed E-state index contributed by atoms with van der Waals surface area (Å²) < 4.78 is 0. The molecule has 0 bridgehead atoms. The minimum absolute atomic E-state index is 0.671. The van der Waals surface area contributed by atoms with Crippen LogP contribution in [0.2, 0.25) is 0 Å². The Bertz CT molecular complexity index is 96.7. The average Bonchev–Trinajstić information content (AvgIpc) is 1.83. The van der Waals surface area contributed by atoms with Gasteiger partial charge in [0.2, 0.25) is 0 Å². The van der Waals surface area contributed by atoms with E-state index in [1.165, 1.54) is 0 Å². The third-order valence-corrected chi connectivity index (χ3v) is 1.42. The molecule has 0 aromatic carbocycles. The number of hydrogen-bond donors (Lipinski definition) is 0. The summed E-state index contributed by atoms with van der Waals surface area (Å²) in [5.41, 5.74) is 0.826. The molecule has 0 amide bonds. The van der Waals surface area contributed by atoms with E-state index in [1.807, 2.05) is 13.0 Å². The molecule has 0 aliphatic carbocycles. The zero-order valence-corrected chi connectivity index (χ0v) is 6.44. The van der Waals surface area contributed by atoms with E-state index in [2.05, 4.69) is 15.9 Å². The maximum Gasteiger partial charge on any atom is 0.146 e. The first kappa shape index (κ1) is 7.89. The fraction of sp³-hybridized carbons (Fsp3) is 0.500. The minimum atomic E-state index is 0.671. The Morgan fingerprint density at radius 2 is 2.38 bits per heavy atom. The smallest absolute Gasteiger partial charge is 0.146 e. The summed E-state index contributed by atoms with van der Waals surface area (Å²) in [5, 5.41) is 0.671. The first-order valence-corrected chi connectivity index (χ1v) is 3.67. The molecule has 0 aromatic rings. The van der Waals surface area contributed by atoms with Gasteiger partial charge < -0.3 is 0 Å². The Kier molecular flexibility index (Phi) is 4.97. The molecule has 0 fully saturated rings. The number of hydrogen-bond acceptors (Lipinski definition) is 1. The number of rotatable bonds is 3. The van der Waals surface area contributed by atoms with Crippen LogP contribution in [0.3, 0.4) is 0 Å². The maximum atomic E-state index is 10.0. The van der Waals surface area contributed by atoms with Crippen molar-refractivity contribution in [1.29, 1.82) is 0 Å². The lowest BCUT2D eigenvalue weighted by molar-refractivity contribution is -0.104. The second-order valence-corrected chi connectivity index (χ2v) is 2.00. The fourth-order valence-electron chi connectivity index (χ4n) is 0.396. The third-order valence-electron chi connectivity index (χ3n) is 0.772. The van der Waals surface area contributed by atoms with Crippen molar-refractivity contribution in [2.75, 3.05) is 5.33 Å². The Morgan fingerprint density at radius 1 is 1.75 bits per heavy atom. The van der Waals surface area contributed by atoms with Crippen LogP contribution in [0.1, 0.15) is 13.3 Å². The highest BCUT2D eigenvalue weighted by molar-refractivity contribution is 9.09. The summed E-state index contributed by atoms with van der Waals surface area (Å²) in [5.74, 6) is 0. The summed E-state index contributed by atoms with van der Waals surface area (Å²) in [6, 6.07) is 0. The number of carbonyl (C=O) groups excluding carboxylic acids is 1. The van der Waals surface area contributed by atoms with E-state index < -0.39 is 0 Å². The van der Waals surface area contributed by atoms with Gasteiger partial charge in [0.25, 0.3) is 0 Å². The predicted octanol–water partition coefficient (Wildman–Crippen LogP) is 1.92. The second-order valence-electron chi connectivity index (χ2n) is 1.44. The molecular formula is C6H9BrO. The lowest BCUT2D eigenvalue weighted by Crippen LogP contribution is -1.83. The number of alkyl halides is 1. The van der Waals surface area contributed by atoms with Crippen molar-refractivity contribution in [2.24, 2.45) is 0 Å². The van der Waals surface area contributed by atoms with E-state index in [0.29, 0.717) is 5.33 Å². The molecule has 0 aliphatic rings. The van der Waals surface area contributed by atoms with Gasteiger partial charge in [0.05, 0.1) is 0 Å². The summed E-state index contributed by atoms with van der Waals surface area (Å²) in [6.07, 6.45) is 3.71. The highest BCUT2D eigenvalue weighted by atomic mass is 79.9. The molecule has 8 heavy (non-hydrogen) atoms. The number of aldehydes is 1. The zero-order chi connectivity index (χ0) is 6.41. The summed E-state index contributed by atoms with van der Waals surface area (Å²) >= 11 is 3.18. The first-order chi connectivity index (χ1) is 3.85. The molecule has 0 aliphatic heterocycles. The van der Waals surface area contributed by atoms with E-state index in [1.54, 1.807) is 0 Å². The van der Waals surface area contributed by atoms with Gasteiger partial charge in [-0.05, 0) is 12.0 Å². The highest BCUT2D eigenvalue weighted by Gasteiger charge is 1.86. The van der Waals surface area contributed by atoms with E-state index >= 15 is 0 Å². The Balaban J connectivity index is 3.66. The van der Waals surface area contributed by atoms with Crippen LogP contribution in [0.4, 0.5) is 0 Å². The SMILES string of the molecule is CC/C=C(/C=O)CBr. The molecule has 0 radical (unpaired) electrons. The molecule has 0 saturated heterocycles. The van der Waals surface area contributed by atoms with Crippen molar-refractivity contribution in [2.45, 2.75) is 13.3 Å². The molecule has 0 N–H and O–H groups in total. The summed E-state index contributed by atoms with van der Waals surface area (Å²) in [6.45, 7) is 2.01. The Morgan fingerprint density at radius 3 is 2.50 bits per heavy atom. The van der Waals surface area contributed by atoms with Crippen molar-refractivity contribution in [3.63, 3.8) is 0 Å². The topological polar surface area (TPSA) is 17.1 Å². The lowest BCUT2D eigenvalue weighted by Gasteiger charge is -1.86. The van der Waals surface area contributed by atoms with Crippen LogP contribution in [-0.2, 0) is 4.79 Å². The van der Waals surface area contributed by atoms with Gasteiger partial charge in [0.1, 0.15) is 6.29 Å². The number of allylic oxidation sites excluding steroid dienone is 2. The van der Waals surface area contributed by atoms with Crippen molar-refractivity contribution in [1.82, 2.24) is 0 Å². The summed E-state index contributed by atoms with van der Waals surface area (Å²) in [7, 11) is 0. The Labute approximate surface area is 57.9 Å². The van der Waals surface area contributed by atoms with Gasteiger partial charge in [0.15, 0.2) is 0 Å².